The van der Waals surface area contributed by atoms with Crippen LogP contribution in [0.2, 0.25) is 0 Å². The number of hydrogen-bond acceptors (Lipinski definition) is 2. The van der Waals surface area contributed by atoms with Crippen molar-refractivity contribution in [3.63, 3.8) is 0 Å². The van der Waals surface area contributed by atoms with Gasteiger partial charge < -0.3 is 10.2 Å². The molecule has 1 aliphatic heterocycles. The van der Waals surface area contributed by atoms with Crippen LogP contribution >= 0.6 is 0 Å². The molecule has 1 saturated heterocycles. The SMILES string of the molecule is O=C(O)[C@@H]1CC(C2CCCC2)CN1C(=O)O. The Morgan fingerprint density at radius 3 is 2.12 bits per heavy atom. The van der Waals surface area contributed by atoms with Gasteiger partial charge in [-0.15, -0.1) is 0 Å². The fourth-order valence-corrected chi connectivity index (χ4v) is 3.08. The quantitative estimate of drug-likeness (QED) is 0.751. The van der Waals surface area contributed by atoms with Crippen LogP contribution in [-0.2, 0) is 4.79 Å². The number of aliphatic carboxylic acids is 1. The minimum Gasteiger partial charge on any atom is -0.480 e. The molecule has 2 rings (SSSR count). The normalized spacial score (nSPS) is 30.9. The average molecular weight is 227 g/mol. The first-order valence-electron chi connectivity index (χ1n) is 5.82. The largest absolute Gasteiger partial charge is 0.480 e. The number of carboxylic acid groups (broad SMARTS) is 2. The Bertz CT molecular complexity index is 276. The highest BCUT2D eigenvalue weighted by Gasteiger charge is 2.42. The van der Waals surface area contributed by atoms with E-state index in [9.17, 15) is 9.59 Å². The standard InChI is InChI=1S/C11H17NO4/c13-10(14)9-5-8(6-12(9)11(15)16)7-3-1-2-4-7/h7-9H,1-6H2,(H,13,14)(H,15,16)/t8?,9-/m0/s1. The van der Waals surface area contributed by atoms with Crippen LogP contribution in [0.5, 0.6) is 0 Å². The minimum absolute atomic E-state index is 0.250. The molecule has 1 aliphatic carbocycles. The van der Waals surface area contributed by atoms with Gasteiger partial charge >= 0.3 is 12.1 Å². The molecule has 0 bridgehead atoms. The summed E-state index contributed by atoms with van der Waals surface area (Å²) >= 11 is 0. The summed E-state index contributed by atoms with van der Waals surface area (Å²) in [5, 5.41) is 17.9. The number of amides is 1. The predicted molar refractivity (Wildman–Crippen MR) is 56.2 cm³/mol. The van der Waals surface area contributed by atoms with E-state index in [4.69, 9.17) is 10.2 Å². The second-order valence-electron chi connectivity index (χ2n) is 4.83. The van der Waals surface area contributed by atoms with Crippen molar-refractivity contribution >= 4 is 12.1 Å². The number of carboxylic acids is 1. The maximum Gasteiger partial charge on any atom is 0.408 e. The van der Waals surface area contributed by atoms with Gasteiger partial charge in [-0.25, -0.2) is 9.59 Å². The van der Waals surface area contributed by atoms with E-state index in [2.05, 4.69) is 0 Å². The summed E-state index contributed by atoms with van der Waals surface area (Å²) in [6.07, 6.45) is 4.05. The summed E-state index contributed by atoms with van der Waals surface area (Å²) in [6, 6.07) is -0.830. The maximum absolute atomic E-state index is 11.0. The van der Waals surface area contributed by atoms with Crippen LogP contribution in [0, 0.1) is 11.8 Å². The third kappa shape index (κ3) is 1.99. The molecule has 0 radical (unpaired) electrons. The Morgan fingerprint density at radius 1 is 1.06 bits per heavy atom. The van der Waals surface area contributed by atoms with Gasteiger partial charge in [0.2, 0.25) is 0 Å². The molecule has 2 fully saturated rings. The number of nitrogens with zero attached hydrogens (tertiary/aromatic N) is 1. The van der Waals surface area contributed by atoms with Crippen molar-refractivity contribution in [2.45, 2.75) is 38.1 Å². The summed E-state index contributed by atoms with van der Waals surface area (Å²) < 4.78 is 0. The first-order chi connectivity index (χ1) is 7.59. The van der Waals surface area contributed by atoms with Crippen LogP contribution in [0.1, 0.15) is 32.1 Å². The van der Waals surface area contributed by atoms with Crippen LogP contribution in [-0.4, -0.2) is 39.8 Å². The number of likely N-dealkylation sites (tertiary alicyclic amines) is 1. The molecular weight excluding hydrogens is 210 g/mol. The fourth-order valence-electron chi connectivity index (χ4n) is 3.08. The molecule has 1 unspecified atom stereocenters. The summed E-state index contributed by atoms with van der Waals surface area (Å²) in [6.45, 7) is 0.400. The minimum atomic E-state index is -1.10. The lowest BCUT2D eigenvalue weighted by Gasteiger charge is -2.18. The van der Waals surface area contributed by atoms with Gasteiger partial charge in [-0.1, -0.05) is 25.7 Å². The first-order valence-corrected chi connectivity index (χ1v) is 5.82. The van der Waals surface area contributed by atoms with Crippen molar-refractivity contribution < 1.29 is 19.8 Å². The van der Waals surface area contributed by atoms with Crippen molar-refractivity contribution in [2.75, 3.05) is 6.54 Å². The molecule has 5 nitrogen and oxygen atoms in total. The summed E-state index contributed by atoms with van der Waals surface area (Å²) in [7, 11) is 0. The third-order valence-corrected chi connectivity index (χ3v) is 3.93. The first kappa shape index (κ1) is 11.2. The lowest BCUT2D eigenvalue weighted by Crippen LogP contribution is -2.39. The summed E-state index contributed by atoms with van der Waals surface area (Å²) in [4.78, 5) is 23.0. The van der Waals surface area contributed by atoms with E-state index < -0.39 is 18.1 Å². The van der Waals surface area contributed by atoms with Crippen LogP contribution in [0.25, 0.3) is 0 Å². The Hall–Kier alpha value is -1.26. The van der Waals surface area contributed by atoms with Crippen molar-refractivity contribution in [2.24, 2.45) is 11.8 Å². The molecule has 5 heteroatoms. The monoisotopic (exact) mass is 227 g/mol. The number of hydrogen-bond donors (Lipinski definition) is 2. The van der Waals surface area contributed by atoms with Crippen molar-refractivity contribution in [1.29, 1.82) is 0 Å². The molecule has 2 atom stereocenters. The zero-order chi connectivity index (χ0) is 11.7. The van der Waals surface area contributed by atoms with Crippen LogP contribution in [0.4, 0.5) is 4.79 Å². The lowest BCUT2D eigenvalue weighted by atomic mass is 9.89. The number of rotatable bonds is 2. The van der Waals surface area contributed by atoms with Gasteiger partial charge in [0.1, 0.15) is 6.04 Å². The molecule has 2 aliphatic rings. The molecule has 1 heterocycles. The second kappa shape index (κ2) is 4.31. The van der Waals surface area contributed by atoms with Crippen molar-refractivity contribution in [3.05, 3.63) is 0 Å². The molecule has 0 aromatic rings. The molecule has 0 aromatic carbocycles. The van der Waals surface area contributed by atoms with Crippen molar-refractivity contribution in [3.8, 4) is 0 Å². The van der Waals surface area contributed by atoms with Gasteiger partial charge in [0.05, 0.1) is 0 Å². The third-order valence-electron chi connectivity index (χ3n) is 3.93. The van der Waals surface area contributed by atoms with Crippen LogP contribution < -0.4 is 0 Å². The highest BCUT2D eigenvalue weighted by Crippen LogP contribution is 2.38. The van der Waals surface area contributed by atoms with Gasteiger partial charge in [0, 0.05) is 6.54 Å². The van der Waals surface area contributed by atoms with Gasteiger partial charge in [-0.3, -0.25) is 4.90 Å². The molecule has 16 heavy (non-hydrogen) atoms. The maximum atomic E-state index is 11.0. The van der Waals surface area contributed by atoms with Gasteiger partial charge in [-0.2, -0.15) is 0 Å². The molecule has 2 N–H and O–H groups in total. The van der Waals surface area contributed by atoms with Gasteiger partial charge in [0.15, 0.2) is 0 Å². The zero-order valence-corrected chi connectivity index (χ0v) is 9.13. The second-order valence-corrected chi connectivity index (χ2v) is 4.83. The molecule has 1 amide bonds. The Labute approximate surface area is 94.0 Å². The predicted octanol–water partition coefficient (Wildman–Crippen LogP) is 1.63. The Kier molecular flexibility index (Phi) is 3.03. The average Bonchev–Trinajstić information content (AvgIpc) is 2.86. The molecule has 1 saturated carbocycles. The van der Waals surface area contributed by atoms with Gasteiger partial charge in [0.25, 0.3) is 0 Å². The van der Waals surface area contributed by atoms with E-state index in [1.165, 1.54) is 12.8 Å². The molecule has 0 aromatic heterocycles. The zero-order valence-electron chi connectivity index (χ0n) is 9.13. The number of carbonyl (C=O) groups is 2. The molecular formula is C11H17NO4. The highest BCUT2D eigenvalue weighted by atomic mass is 16.4. The smallest absolute Gasteiger partial charge is 0.408 e. The Morgan fingerprint density at radius 2 is 1.69 bits per heavy atom. The van der Waals surface area contributed by atoms with Crippen LogP contribution in [0.15, 0.2) is 0 Å². The van der Waals surface area contributed by atoms with Gasteiger partial charge in [-0.05, 0) is 18.3 Å². The van der Waals surface area contributed by atoms with E-state index in [-0.39, 0.29) is 5.92 Å². The molecule has 0 spiro atoms. The topological polar surface area (TPSA) is 77.8 Å². The van der Waals surface area contributed by atoms with E-state index in [1.807, 2.05) is 0 Å². The van der Waals surface area contributed by atoms with Crippen LogP contribution in [0.3, 0.4) is 0 Å². The summed E-state index contributed by atoms with van der Waals surface area (Å²) in [5.74, 6) is -0.228. The van der Waals surface area contributed by atoms with E-state index >= 15 is 0 Å². The van der Waals surface area contributed by atoms with E-state index in [1.54, 1.807) is 0 Å². The fraction of sp³-hybridized carbons (Fsp3) is 0.818. The van der Waals surface area contributed by atoms with E-state index in [0.29, 0.717) is 18.9 Å². The molecule has 90 valence electrons. The summed E-state index contributed by atoms with van der Waals surface area (Å²) in [5.41, 5.74) is 0. The lowest BCUT2D eigenvalue weighted by molar-refractivity contribution is -0.141. The van der Waals surface area contributed by atoms with Crippen molar-refractivity contribution in [1.82, 2.24) is 4.90 Å². The Balaban J connectivity index is 2.05. The highest BCUT2D eigenvalue weighted by molar-refractivity contribution is 5.80. The van der Waals surface area contributed by atoms with E-state index in [0.717, 1.165) is 17.7 Å².